The van der Waals surface area contributed by atoms with Crippen molar-refractivity contribution in [1.82, 2.24) is 4.57 Å². The van der Waals surface area contributed by atoms with Crippen molar-refractivity contribution in [2.45, 2.75) is 19.9 Å². The second kappa shape index (κ2) is 6.56. The zero-order valence-corrected chi connectivity index (χ0v) is 14.2. The van der Waals surface area contributed by atoms with Gasteiger partial charge in [0.05, 0.1) is 5.69 Å². The molecule has 0 radical (unpaired) electrons. The number of nitrogens with zero attached hydrogens (tertiary/aromatic N) is 1. The van der Waals surface area contributed by atoms with E-state index >= 15 is 0 Å². The number of aromatic nitrogens is 1. The van der Waals surface area contributed by atoms with E-state index in [0.717, 1.165) is 26.7 Å². The molecule has 1 heterocycles. The predicted octanol–water partition coefficient (Wildman–Crippen LogP) is 4.52. The number of halogens is 2. The first-order valence-corrected chi connectivity index (χ1v) is 7.90. The molecule has 0 atom stereocenters. The highest BCUT2D eigenvalue weighted by Crippen LogP contribution is 2.25. The molecule has 0 bridgehead atoms. The topological polar surface area (TPSA) is 34.0 Å². The predicted molar refractivity (Wildman–Crippen MR) is 89.5 cm³/mol. The fourth-order valence-electron chi connectivity index (χ4n) is 1.84. The summed E-state index contributed by atoms with van der Waals surface area (Å²) in [5.41, 5.74) is 1.48. The van der Waals surface area contributed by atoms with Crippen LogP contribution in [0.15, 0.2) is 41.0 Å². The first-order chi connectivity index (χ1) is 9.11. The summed E-state index contributed by atoms with van der Waals surface area (Å²) in [5, 5.41) is 2.94. The Labute approximate surface area is 134 Å². The van der Waals surface area contributed by atoms with Crippen LogP contribution in [-0.2, 0) is 6.54 Å². The van der Waals surface area contributed by atoms with E-state index in [1.54, 1.807) is 0 Å². The maximum Gasteiger partial charge on any atom is 0.272 e. The summed E-state index contributed by atoms with van der Waals surface area (Å²) < 4.78 is 3.94. The van der Waals surface area contributed by atoms with Crippen LogP contribution >= 0.6 is 38.5 Å². The van der Waals surface area contributed by atoms with Gasteiger partial charge < -0.3 is 9.88 Å². The van der Waals surface area contributed by atoms with Gasteiger partial charge in [-0.15, -0.1) is 0 Å². The van der Waals surface area contributed by atoms with Crippen LogP contribution in [-0.4, -0.2) is 10.5 Å². The fraction of sp³-hybridized carbons (Fsp3) is 0.214. The van der Waals surface area contributed by atoms with E-state index in [0.29, 0.717) is 5.69 Å². The van der Waals surface area contributed by atoms with Gasteiger partial charge in [0, 0.05) is 20.8 Å². The second-order valence-electron chi connectivity index (χ2n) is 4.17. The van der Waals surface area contributed by atoms with Crippen LogP contribution in [0, 0.1) is 3.57 Å². The van der Waals surface area contributed by atoms with Crippen molar-refractivity contribution in [3.8, 4) is 0 Å². The van der Waals surface area contributed by atoms with E-state index in [-0.39, 0.29) is 5.91 Å². The Morgan fingerprint density at radius 2 is 2.21 bits per heavy atom. The Hall–Kier alpha value is -0.820. The third kappa shape index (κ3) is 3.60. The lowest BCUT2D eigenvalue weighted by atomic mass is 10.3. The average Bonchev–Trinajstić information content (AvgIpc) is 2.82. The molecule has 0 aliphatic carbocycles. The van der Waals surface area contributed by atoms with Gasteiger partial charge >= 0.3 is 0 Å². The van der Waals surface area contributed by atoms with E-state index < -0.39 is 0 Å². The minimum atomic E-state index is -0.0823. The van der Waals surface area contributed by atoms with Gasteiger partial charge in [0.2, 0.25) is 0 Å². The van der Waals surface area contributed by atoms with E-state index in [1.165, 1.54) is 0 Å². The van der Waals surface area contributed by atoms with Crippen LogP contribution in [0.5, 0.6) is 0 Å². The Kier molecular flexibility index (Phi) is 5.04. The van der Waals surface area contributed by atoms with Crippen molar-refractivity contribution >= 4 is 50.1 Å². The zero-order valence-electron chi connectivity index (χ0n) is 10.5. The summed E-state index contributed by atoms with van der Waals surface area (Å²) in [6, 6.07) is 9.60. The summed E-state index contributed by atoms with van der Waals surface area (Å²) in [6.45, 7) is 2.95. The number of nitrogens with one attached hydrogen (secondary N) is 1. The number of amides is 1. The van der Waals surface area contributed by atoms with Crippen LogP contribution in [0.1, 0.15) is 23.8 Å². The van der Waals surface area contributed by atoms with Crippen LogP contribution < -0.4 is 5.32 Å². The van der Waals surface area contributed by atoms with Crippen molar-refractivity contribution in [2.75, 3.05) is 5.32 Å². The molecule has 19 heavy (non-hydrogen) atoms. The molecule has 1 aromatic carbocycles. The first kappa shape index (κ1) is 14.6. The molecule has 0 aliphatic rings. The van der Waals surface area contributed by atoms with Gasteiger partial charge in [0.25, 0.3) is 5.91 Å². The highest BCUT2D eigenvalue weighted by molar-refractivity contribution is 14.1. The van der Waals surface area contributed by atoms with Crippen LogP contribution in [0.2, 0.25) is 0 Å². The molecule has 0 aliphatic heterocycles. The smallest absolute Gasteiger partial charge is 0.272 e. The lowest BCUT2D eigenvalue weighted by Gasteiger charge is -2.10. The summed E-state index contributed by atoms with van der Waals surface area (Å²) in [4.78, 5) is 12.3. The number of anilines is 1. The molecule has 5 heteroatoms. The number of carbonyl (C=O) groups excluding carboxylic acids is 1. The van der Waals surface area contributed by atoms with E-state index in [9.17, 15) is 4.79 Å². The van der Waals surface area contributed by atoms with Gasteiger partial charge in [0.15, 0.2) is 0 Å². The number of carbonyl (C=O) groups is 1. The lowest BCUT2D eigenvalue weighted by Crippen LogP contribution is -2.17. The van der Waals surface area contributed by atoms with E-state index in [4.69, 9.17) is 0 Å². The standard InChI is InChI=1S/C14H14BrIN2O/c1-2-7-18-8-3-4-13(18)14(19)17-12-9-10(16)5-6-11(12)15/h3-6,8-9H,2,7H2,1H3,(H,17,19). The highest BCUT2D eigenvalue weighted by Gasteiger charge is 2.12. The Morgan fingerprint density at radius 1 is 1.42 bits per heavy atom. The molecule has 0 spiro atoms. The van der Waals surface area contributed by atoms with Gasteiger partial charge in [0.1, 0.15) is 5.69 Å². The molecule has 1 N–H and O–H groups in total. The summed E-state index contributed by atoms with van der Waals surface area (Å²) in [6.07, 6.45) is 2.93. The maximum absolute atomic E-state index is 12.3. The van der Waals surface area contributed by atoms with Gasteiger partial charge in [-0.2, -0.15) is 0 Å². The van der Waals surface area contributed by atoms with Crippen molar-refractivity contribution in [1.29, 1.82) is 0 Å². The molecule has 3 nitrogen and oxygen atoms in total. The molecule has 0 saturated carbocycles. The minimum absolute atomic E-state index is 0.0823. The van der Waals surface area contributed by atoms with Gasteiger partial charge in [-0.3, -0.25) is 4.79 Å². The molecule has 0 fully saturated rings. The van der Waals surface area contributed by atoms with Crippen LogP contribution in [0.4, 0.5) is 5.69 Å². The molecule has 0 unspecified atom stereocenters. The van der Waals surface area contributed by atoms with Crippen LogP contribution in [0.3, 0.4) is 0 Å². The normalized spacial score (nSPS) is 10.5. The molecular weight excluding hydrogens is 419 g/mol. The number of rotatable bonds is 4. The third-order valence-corrected chi connectivity index (χ3v) is 4.07. The molecular formula is C14H14BrIN2O. The number of hydrogen-bond donors (Lipinski definition) is 1. The number of hydrogen-bond acceptors (Lipinski definition) is 1. The Bertz CT molecular complexity index is 595. The van der Waals surface area contributed by atoms with Crippen molar-refractivity contribution < 1.29 is 4.79 Å². The Morgan fingerprint density at radius 3 is 2.95 bits per heavy atom. The highest BCUT2D eigenvalue weighted by atomic mass is 127. The second-order valence-corrected chi connectivity index (χ2v) is 6.27. The zero-order chi connectivity index (χ0) is 13.8. The lowest BCUT2D eigenvalue weighted by molar-refractivity contribution is 0.101. The summed E-state index contributed by atoms with van der Waals surface area (Å²) in [5.74, 6) is -0.0823. The summed E-state index contributed by atoms with van der Waals surface area (Å²) in [7, 11) is 0. The van der Waals surface area contributed by atoms with E-state index in [2.05, 4.69) is 50.8 Å². The largest absolute Gasteiger partial charge is 0.344 e. The Balaban J connectivity index is 2.21. The molecule has 2 aromatic rings. The fourth-order valence-corrected chi connectivity index (χ4v) is 2.67. The first-order valence-electron chi connectivity index (χ1n) is 6.03. The maximum atomic E-state index is 12.3. The number of aryl methyl sites for hydroxylation is 1. The SMILES string of the molecule is CCCn1cccc1C(=O)Nc1cc(I)ccc1Br. The minimum Gasteiger partial charge on any atom is -0.344 e. The van der Waals surface area contributed by atoms with E-state index in [1.807, 2.05) is 41.1 Å². The van der Waals surface area contributed by atoms with Gasteiger partial charge in [-0.1, -0.05) is 6.92 Å². The molecule has 1 aromatic heterocycles. The average molecular weight is 433 g/mol. The number of benzene rings is 1. The van der Waals surface area contributed by atoms with Gasteiger partial charge in [-0.25, -0.2) is 0 Å². The molecule has 100 valence electrons. The van der Waals surface area contributed by atoms with Crippen molar-refractivity contribution in [3.63, 3.8) is 0 Å². The molecule has 0 saturated heterocycles. The third-order valence-electron chi connectivity index (χ3n) is 2.70. The quantitative estimate of drug-likeness (QED) is 0.708. The van der Waals surface area contributed by atoms with Crippen LogP contribution in [0.25, 0.3) is 0 Å². The molecule has 2 rings (SSSR count). The monoisotopic (exact) mass is 432 g/mol. The molecule has 1 amide bonds. The van der Waals surface area contributed by atoms with Crippen molar-refractivity contribution in [3.05, 3.63) is 50.3 Å². The summed E-state index contributed by atoms with van der Waals surface area (Å²) >= 11 is 5.67. The van der Waals surface area contributed by atoms with Crippen molar-refractivity contribution in [2.24, 2.45) is 0 Å². The van der Waals surface area contributed by atoms with Gasteiger partial charge in [-0.05, 0) is 75.3 Å².